The number of Topliss-reactive ketones (excluding diaryl/α,β-unsaturated/α-hetero) is 1. The third kappa shape index (κ3) is 3.02. The minimum absolute atomic E-state index is 0.00831. The molecule has 7 heteroatoms. The van der Waals surface area contributed by atoms with Gasteiger partial charge in [0.15, 0.2) is 17.3 Å². The highest BCUT2D eigenvalue weighted by Gasteiger charge is 2.38. The number of esters is 1. The van der Waals surface area contributed by atoms with Crippen LogP contribution in [0.15, 0.2) is 41.0 Å². The van der Waals surface area contributed by atoms with Crippen LogP contribution in [0.3, 0.4) is 0 Å². The first kappa shape index (κ1) is 17.5. The van der Waals surface area contributed by atoms with E-state index in [0.717, 1.165) is 0 Å². The SMILES string of the molecule is COc1cc([C@H]2C(C#N)=C(N)OC3=C2C(=O)CCC3)ccc1OC(C)=O. The molecule has 1 atom stereocenters. The average Bonchev–Trinajstić information content (AvgIpc) is 2.60. The van der Waals surface area contributed by atoms with E-state index in [0.29, 0.717) is 41.9 Å². The quantitative estimate of drug-likeness (QED) is 0.655. The molecule has 0 spiro atoms. The molecule has 3 rings (SSSR count). The minimum Gasteiger partial charge on any atom is -0.493 e. The lowest BCUT2D eigenvalue weighted by Gasteiger charge is -2.31. The molecule has 26 heavy (non-hydrogen) atoms. The Morgan fingerprint density at radius 2 is 2.12 bits per heavy atom. The molecule has 1 aromatic rings. The van der Waals surface area contributed by atoms with Crippen molar-refractivity contribution in [2.24, 2.45) is 5.73 Å². The first-order valence-electron chi connectivity index (χ1n) is 8.16. The highest BCUT2D eigenvalue weighted by atomic mass is 16.6. The van der Waals surface area contributed by atoms with Gasteiger partial charge in [-0.15, -0.1) is 0 Å². The van der Waals surface area contributed by atoms with Crippen molar-refractivity contribution in [3.63, 3.8) is 0 Å². The van der Waals surface area contributed by atoms with Gasteiger partial charge in [0, 0.05) is 25.3 Å². The number of hydrogen-bond acceptors (Lipinski definition) is 7. The predicted molar refractivity (Wildman–Crippen MR) is 90.8 cm³/mol. The molecule has 0 bridgehead atoms. The summed E-state index contributed by atoms with van der Waals surface area (Å²) in [5.41, 5.74) is 7.21. The van der Waals surface area contributed by atoms with Crippen LogP contribution in [0.2, 0.25) is 0 Å². The van der Waals surface area contributed by atoms with Gasteiger partial charge in [-0.2, -0.15) is 5.26 Å². The van der Waals surface area contributed by atoms with E-state index in [-0.39, 0.29) is 23.0 Å². The Morgan fingerprint density at radius 1 is 1.35 bits per heavy atom. The zero-order valence-corrected chi connectivity index (χ0v) is 14.5. The Morgan fingerprint density at radius 3 is 2.77 bits per heavy atom. The number of benzene rings is 1. The molecule has 1 heterocycles. The van der Waals surface area contributed by atoms with Gasteiger partial charge < -0.3 is 19.9 Å². The summed E-state index contributed by atoms with van der Waals surface area (Å²) in [4.78, 5) is 23.8. The molecular formula is C19H18N2O5. The van der Waals surface area contributed by atoms with Crippen molar-refractivity contribution in [1.29, 1.82) is 5.26 Å². The van der Waals surface area contributed by atoms with E-state index in [1.807, 2.05) is 0 Å². The number of carbonyl (C=O) groups excluding carboxylic acids is 2. The second kappa shape index (κ2) is 6.92. The van der Waals surface area contributed by atoms with Crippen LogP contribution in [0.1, 0.15) is 37.7 Å². The molecule has 1 aliphatic heterocycles. The maximum absolute atomic E-state index is 12.5. The van der Waals surface area contributed by atoms with Crippen molar-refractivity contribution in [2.45, 2.75) is 32.1 Å². The molecular weight excluding hydrogens is 336 g/mol. The molecule has 0 unspecified atom stereocenters. The maximum Gasteiger partial charge on any atom is 0.308 e. The third-order valence-corrected chi connectivity index (χ3v) is 4.38. The summed E-state index contributed by atoms with van der Waals surface area (Å²) in [7, 11) is 1.45. The molecule has 2 N–H and O–H groups in total. The summed E-state index contributed by atoms with van der Waals surface area (Å²) >= 11 is 0. The Labute approximate surface area is 150 Å². The second-order valence-corrected chi connectivity index (χ2v) is 6.04. The van der Waals surface area contributed by atoms with E-state index in [1.165, 1.54) is 14.0 Å². The highest BCUT2D eigenvalue weighted by Crippen LogP contribution is 2.44. The first-order valence-corrected chi connectivity index (χ1v) is 8.16. The number of allylic oxidation sites excluding steroid dienone is 3. The summed E-state index contributed by atoms with van der Waals surface area (Å²) in [5, 5.41) is 9.57. The number of ketones is 1. The molecule has 2 aliphatic rings. The van der Waals surface area contributed by atoms with E-state index in [9.17, 15) is 14.9 Å². The van der Waals surface area contributed by atoms with Crippen LogP contribution >= 0.6 is 0 Å². The Kier molecular flexibility index (Phi) is 4.67. The van der Waals surface area contributed by atoms with E-state index in [1.54, 1.807) is 18.2 Å². The Bertz CT molecular complexity index is 892. The zero-order valence-electron chi connectivity index (χ0n) is 14.5. The van der Waals surface area contributed by atoms with Gasteiger partial charge in [0.1, 0.15) is 17.4 Å². The number of rotatable bonds is 3. The molecule has 134 valence electrons. The Hall–Kier alpha value is -3.27. The van der Waals surface area contributed by atoms with E-state index < -0.39 is 11.9 Å². The third-order valence-electron chi connectivity index (χ3n) is 4.38. The molecule has 0 saturated heterocycles. The average molecular weight is 354 g/mol. The summed E-state index contributed by atoms with van der Waals surface area (Å²) in [6.45, 7) is 1.29. The van der Waals surface area contributed by atoms with Gasteiger partial charge in [-0.05, 0) is 24.1 Å². The molecule has 0 radical (unpaired) electrons. The van der Waals surface area contributed by atoms with Crippen molar-refractivity contribution < 1.29 is 23.8 Å². The van der Waals surface area contributed by atoms with Crippen LogP contribution < -0.4 is 15.2 Å². The summed E-state index contributed by atoms with van der Waals surface area (Å²) in [6, 6.07) is 6.96. The fourth-order valence-corrected chi connectivity index (χ4v) is 3.29. The number of methoxy groups -OCH3 is 1. The highest BCUT2D eigenvalue weighted by molar-refractivity contribution is 5.99. The maximum atomic E-state index is 12.5. The smallest absolute Gasteiger partial charge is 0.308 e. The summed E-state index contributed by atoms with van der Waals surface area (Å²) in [6.07, 6.45) is 1.69. The largest absolute Gasteiger partial charge is 0.493 e. The number of ether oxygens (including phenoxy) is 3. The van der Waals surface area contributed by atoms with Crippen LogP contribution in [0.25, 0.3) is 0 Å². The van der Waals surface area contributed by atoms with Crippen LogP contribution in [0.5, 0.6) is 11.5 Å². The van der Waals surface area contributed by atoms with Gasteiger partial charge in [0.25, 0.3) is 0 Å². The standard InChI is InChI=1S/C19H18N2O5/c1-10(22)25-14-7-6-11(8-16(14)24-2)17-12(9-20)19(21)26-15-5-3-4-13(23)18(15)17/h6-8,17H,3-5,21H2,1-2H3/t17-/m0/s1. The van der Waals surface area contributed by atoms with Crippen LogP contribution in [-0.2, 0) is 14.3 Å². The lowest BCUT2D eigenvalue weighted by molar-refractivity contribution is -0.132. The molecule has 0 aromatic heterocycles. The molecule has 1 aromatic carbocycles. The lowest BCUT2D eigenvalue weighted by atomic mass is 9.77. The first-order chi connectivity index (χ1) is 12.5. The summed E-state index contributed by atoms with van der Waals surface area (Å²) < 4.78 is 15.9. The normalized spacial score (nSPS) is 19.4. The number of nitrogens with zero attached hydrogens (tertiary/aromatic N) is 1. The van der Waals surface area contributed by atoms with Crippen LogP contribution in [-0.4, -0.2) is 18.9 Å². The topological polar surface area (TPSA) is 112 Å². The van der Waals surface area contributed by atoms with E-state index in [2.05, 4.69) is 6.07 Å². The number of nitrogens with two attached hydrogens (primary N) is 1. The number of carbonyl (C=O) groups is 2. The van der Waals surface area contributed by atoms with Crippen LogP contribution in [0, 0.1) is 11.3 Å². The second-order valence-electron chi connectivity index (χ2n) is 6.04. The van der Waals surface area contributed by atoms with Gasteiger partial charge in [-0.3, -0.25) is 9.59 Å². The van der Waals surface area contributed by atoms with Gasteiger partial charge in [-0.1, -0.05) is 6.07 Å². The Balaban J connectivity index is 2.13. The monoisotopic (exact) mass is 354 g/mol. The molecule has 0 amide bonds. The predicted octanol–water partition coefficient (Wildman–Crippen LogP) is 2.44. The minimum atomic E-state index is -0.628. The van der Waals surface area contributed by atoms with Gasteiger partial charge in [-0.25, -0.2) is 0 Å². The van der Waals surface area contributed by atoms with E-state index >= 15 is 0 Å². The van der Waals surface area contributed by atoms with Crippen molar-refractivity contribution in [3.05, 3.63) is 46.6 Å². The lowest BCUT2D eigenvalue weighted by Crippen LogP contribution is -2.27. The van der Waals surface area contributed by atoms with Crippen molar-refractivity contribution in [1.82, 2.24) is 0 Å². The summed E-state index contributed by atoms with van der Waals surface area (Å²) in [5.74, 6) is -0.0477. The number of hydrogen-bond donors (Lipinski definition) is 1. The van der Waals surface area contributed by atoms with Crippen molar-refractivity contribution in [3.8, 4) is 17.6 Å². The fourth-order valence-electron chi connectivity index (χ4n) is 3.29. The van der Waals surface area contributed by atoms with Gasteiger partial charge >= 0.3 is 5.97 Å². The zero-order chi connectivity index (χ0) is 18.8. The molecule has 0 saturated carbocycles. The number of nitriles is 1. The van der Waals surface area contributed by atoms with Gasteiger partial charge in [0.2, 0.25) is 5.88 Å². The fraction of sp³-hybridized carbons (Fsp3) is 0.316. The van der Waals surface area contributed by atoms with Crippen molar-refractivity contribution >= 4 is 11.8 Å². The van der Waals surface area contributed by atoms with Gasteiger partial charge in [0.05, 0.1) is 13.0 Å². The molecule has 7 nitrogen and oxygen atoms in total. The van der Waals surface area contributed by atoms with E-state index in [4.69, 9.17) is 19.9 Å². The molecule has 0 fully saturated rings. The molecule has 1 aliphatic carbocycles. The van der Waals surface area contributed by atoms with Crippen molar-refractivity contribution in [2.75, 3.05) is 7.11 Å². The van der Waals surface area contributed by atoms with Crippen LogP contribution in [0.4, 0.5) is 0 Å².